The van der Waals surface area contributed by atoms with Gasteiger partial charge in [0.1, 0.15) is 5.54 Å². The molecule has 2 rings (SSSR count). The molecule has 0 aromatic heterocycles. The Kier molecular flexibility index (Phi) is 3.97. The highest BCUT2D eigenvalue weighted by Crippen LogP contribution is 2.34. The SMILES string of the molecule is CC(C)(NC(=O)CC1CC(=O)Nc2ccccc21)C(=O)O. The molecule has 1 aromatic carbocycles. The molecule has 0 radical (unpaired) electrons. The molecule has 1 heterocycles. The molecule has 0 saturated carbocycles. The van der Waals surface area contributed by atoms with E-state index in [4.69, 9.17) is 5.11 Å². The van der Waals surface area contributed by atoms with Gasteiger partial charge in [-0.15, -0.1) is 0 Å². The number of carboxylic acids is 1. The van der Waals surface area contributed by atoms with Crippen molar-refractivity contribution in [1.82, 2.24) is 5.32 Å². The van der Waals surface area contributed by atoms with Crippen molar-refractivity contribution in [1.29, 1.82) is 0 Å². The molecule has 0 aliphatic carbocycles. The molecule has 1 aliphatic heterocycles. The molecule has 1 aromatic rings. The van der Waals surface area contributed by atoms with Crippen molar-refractivity contribution in [2.75, 3.05) is 5.32 Å². The lowest BCUT2D eigenvalue weighted by atomic mass is 9.87. The van der Waals surface area contributed by atoms with Crippen molar-refractivity contribution in [2.24, 2.45) is 0 Å². The first-order valence-corrected chi connectivity index (χ1v) is 6.73. The second kappa shape index (κ2) is 5.55. The number of rotatable bonds is 4. The molecule has 1 aliphatic rings. The quantitative estimate of drug-likeness (QED) is 0.782. The minimum atomic E-state index is -1.33. The maximum Gasteiger partial charge on any atom is 0.328 e. The van der Waals surface area contributed by atoms with Crippen LogP contribution in [0, 0.1) is 0 Å². The number of fused-ring (bicyclic) bond motifs is 1. The zero-order chi connectivity index (χ0) is 15.6. The van der Waals surface area contributed by atoms with Gasteiger partial charge < -0.3 is 15.7 Å². The maximum absolute atomic E-state index is 12.0. The highest BCUT2D eigenvalue weighted by Gasteiger charge is 2.32. The van der Waals surface area contributed by atoms with Gasteiger partial charge in [-0.2, -0.15) is 0 Å². The summed E-state index contributed by atoms with van der Waals surface area (Å²) in [6, 6.07) is 7.32. The summed E-state index contributed by atoms with van der Waals surface area (Å²) in [5.41, 5.74) is 0.289. The number of benzene rings is 1. The van der Waals surface area contributed by atoms with Gasteiger partial charge in [-0.1, -0.05) is 18.2 Å². The number of aliphatic carboxylic acids is 1. The zero-order valence-corrected chi connectivity index (χ0v) is 12.0. The molecule has 6 nitrogen and oxygen atoms in total. The van der Waals surface area contributed by atoms with Crippen molar-refractivity contribution >= 4 is 23.5 Å². The Morgan fingerprint density at radius 3 is 2.71 bits per heavy atom. The van der Waals surface area contributed by atoms with Crippen LogP contribution in [-0.2, 0) is 14.4 Å². The van der Waals surface area contributed by atoms with E-state index >= 15 is 0 Å². The number of para-hydroxylation sites is 1. The number of amides is 2. The largest absolute Gasteiger partial charge is 0.480 e. The van der Waals surface area contributed by atoms with Crippen LogP contribution < -0.4 is 10.6 Å². The molecule has 0 spiro atoms. The van der Waals surface area contributed by atoms with E-state index in [2.05, 4.69) is 10.6 Å². The summed E-state index contributed by atoms with van der Waals surface area (Å²) in [5.74, 6) is -1.85. The number of hydrogen-bond acceptors (Lipinski definition) is 3. The number of anilines is 1. The average molecular weight is 290 g/mol. The first kappa shape index (κ1) is 15.0. The fourth-order valence-electron chi connectivity index (χ4n) is 2.36. The van der Waals surface area contributed by atoms with Crippen LogP contribution in [0.25, 0.3) is 0 Å². The van der Waals surface area contributed by atoms with Gasteiger partial charge in [-0.3, -0.25) is 9.59 Å². The summed E-state index contributed by atoms with van der Waals surface area (Å²) in [6.45, 7) is 2.85. The lowest BCUT2D eigenvalue weighted by molar-refractivity contribution is -0.146. The molecule has 6 heteroatoms. The van der Waals surface area contributed by atoms with E-state index in [0.717, 1.165) is 5.56 Å². The predicted octanol–water partition coefficient (Wildman–Crippen LogP) is 1.48. The van der Waals surface area contributed by atoms with E-state index in [1.165, 1.54) is 13.8 Å². The van der Waals surface area contributed by atoms with Crippen molar-refractivity contribution in [3.63, 3.8) is 0 Å². The predicted molar refractivity (Wildman–Crippen MR) is 76.9 cm³/mol. The van der Waals surface area contributed by atoms with E-state index in [1.807, 2.05) is 18.2 Å². The van der Waals surface area contributed by atoms with Gasteiger partial charge in [0, 0.05) is 24.4 Å². The highest BCUT2D eigenvalue weighted by atomic mass is 16.4. The average Bonchev–Trinajstić information content (AvgIpc) is 2.37. The van der Waals surface area contributed by atoms with E-state index in [0.29, 0.717) is 5.69 Å². The molecule has 0 saturated heterocycles. The second-order valence-electron chi connectivity index (χ2n) is 5.72. The van der Waals surface area contributed by atoms with Crippen LogP contribution in [0.3, 0.4) is 0 Å². The smallest absolute Gasteiger partial charge is 0.328 e. The number of carbonyl (C=O) groups is 3. The van der Waals surface area contributed by atoms with Crippen LogP contribution in [0.5, 0.6) is 0 Å². The van der Waals surface area contributed by atoms with Crippen LogP contribution in [-0.4, -0.2) is 28.4 Å². The van der Waals surface area contributed by atoms with E-state index in [1.54, 1.807) is 6.07 Å². The lowest BCUT2D eigenvalue weighted by Crippen LogP contribution is -2.50. The normalized spacial score (nSPS) is 17.6. The molecule has 21 heavy (non-hydrogen) atoms. The Labute approximate surface area is 122 Å². The minimum Gasteiger partial charge on any atom is -0.480 e. The summed E-state index contributed by atoms with van der Waals surface area (Å²) in [4.78, 5) is 34.7. The van der Waals surface area contributed by atoms with Crippen LogP contribution >= 0.6 is 0 Å². The lowest BCUT2D eigenvalue weighted by Gasteiger charge is -2.27. The zero-order valence-electron chi connectivity index (χ0n) is 12.0. The first-order chi connectivity index (χ1) is 9.79. The van der Waals surface area contributed by atoms with Gasteiger partial charge in [-0.25, -0.2) is 4.79 Å². The number of hydrogen-bond donors (Lipinski definition) is 3. The topological polar surface area (TPSA) is 95.5 Å². The van der Waals surface area contributed by atoms with Crippen LogP contribution in [0.1, 0.15) is 38.2 Å². The van der Waals surface area contributed by atoms with E-state index < -0.39 is 11.5 Å². The number of carbonyl (C=O) groups excluding carboxylic acids is 2. The van der Waals surface area contributed by atoms with E-state index in [-0.39, 0.29) is 30.6 Å². The van der Waals surface area contributed by atoms with Crippen molar-refractivity contribution in [3.8, 4) is 0 Å². The summed E-state index contributed by atoms with van der Waals surface area (Å²) in [7, 11) is 0. The van der Waals surface area contributed by atoms with Gasteiger partial charge in [0.05, 0.1) is 0 Å². The highest BCUT2D eigenvalue weighted by molar-refractivity contribution is 5.95. The van der Waals surface area contributed by atoms with Crippen molar-refractivity contribution in [2.45, 2.75) is 38.1 Å². The maximum atomic E-state index is 12.0. The molecule has 1 unspecified atom stereocenters. The third-order valence-electron chi connectivity index (χ3n) is 3.52. The van der Waals surface area contributed by atoms with Crippen molar-refractivity contribution in [3.05, 3.63) is 29.8 Å². The Morgan fingerprint density at radius 2 is 2.05 bits per heavy atom. The van der Waals surface area contributed by atoms with Crippen LogP contribution in [0.4, 0.5) is 5.69 Å². The third-order valence-corrected chi connectivity index (χ3v) is 3.52. The molecule has 3 N–H and O–H groups in total. The molecule has 0 bridgehead atoms. The second-order valence-corrected chi connectivity index (χ2v) is 5.72. The van der Waals surface area contributed by atoms with Gasteiger partial charge >= 0.3 is 5.97 Å². The Bertz CT molecular complexity index is 595. The fraction of sp³-hybridized carbons (Fsp3) is 0.400. The molecule has 2 amide bonds. The van der Waals surface area contributed by atoms with Gasteiger partial charge in [0.15, 0.2) is 0 Å². The summed E-state index contributed by atoms with van der Waals surface area (Å²) in [6.07, 6.45) is 0.305. The van der Waals surface area contributed by atoms with E-state index in [9.17, 15) is 14.4 Å². The summed E-state index contributed by atoms with van der Waals surface area (Å²) < 4.78 is 0. The third kappa shape index (κ3) is 3.39. The molecular weight excluding hydrogens is 272 g/mol. The van der Waals surface area contributed by atoms with Crippen molar-refractivity contribution < 1.29 is 19.5 Å². The number of nitrogens with one attached hydrogen (secondary N) is 2. The Morgan fingerprint density at radius 1 is 1.38 bits per heavy atom. The van der Waals surface area contributed by atoms with Crippen LogP contribution in [0.15, 0.2) is 24.3 Å². The molecule has 1 atom stereocenters. The number of carboxylic acid groups (broad SMARTS) is 1. The summed E-state index contributed by atoms with van der Waals surface area (Å²) in [5, 5.41) is 14.3. The molecule has 112 valence electrons. The van der Waals surface area contributed by atoms with Gasteiger partial charge in [0.2, 0.25) is 11.8 Å². The summed E-state index contributed by atoms with van der Waals surface area (Å²) >= 11 is 0. The first-order valence-electron chi connectivity index (χ1n) is 6.73. The van der Waals surface area contributed by atoms with Gasteiger partial charge in [0.25, 0.3) is 0 Å². The standard InChI is InChI=1S/C15H18N2O4/c1-15(2,14(20)21)17-13(19)8-9-7-12(18)16-11-6-4-3-5-10(9)11/h3-6,9H,7-8H2,1-2H3,(H,16,18)(H,17,19)(H,20,21). The monoisotopic (exact) mass is 290 g/mol. The van der Waals surface area contributed by atoms with Crippen LogP contribution in [0.2, 0.25) is 0 Å². The fourth-order valence-corrected chi connectivity index (χ4v) is 2.36. The Hall–Kier alpha value is -2.37. The minimum absolute atomic E-state index is 0.0845. The molecule has 0 fully saturated rings. The molecular formula is C15H18N2O4. The van der Waals surface area contributed by atoms with Gasteiger partial charge in [-0.05, 0) is 25.5 Å². The Balaban J connectivity index is 2.11.